The third kappa shape index (κ3) is 7.69. The molecule has 0 rings (SSSR count). The third-order valence-corrected chi connectivity index (χ3v) is 2.55. The molecule has 0 heterocycles. The molecule has 0 radical (unpaired) electrons. The van der Waals surface area contributed by atoms with E-state index in [-0.39, 0.29) is 16.8 Å². The van der Waals surface area contributed by atoms with E-state index in [1.54, 1.807) is 6.08 Å². The summed E-state index contributed by atoms with van der Waals surface area (Å²) in [5, 5.41) is 0. The van der Waals surface area contributed by atoms with Gasteiger partial charge in [0.15, 0.2) is 0 Å². The summed E-state index contributed by atoms with van der Waals surface area (Å²) in [5.74, 6) is -0.192. The van der Waals surface area contributed by atoms with Crippen molar-refractivity contribution in [3.8, 4) is 0 Å². The first kappa shape index (κ1) is 17.7. The number of hydrogen-bond acceptors (Lipinski definition) is 2. The van der Waals surface area contributed by atoms with Crippen LogP contribution in [0.4, 0.5) is 0 Å². The lowest BCUT2D eigenvalue weighted by atomic mass is 9.72. The van der Waals surface area contributed by atoms with Gasteiger partial charge in [0.2, 0.25) is 0 Å². The summed E-state index contributed by atoms with van der Waals surface area (Å²) in [7, 11) is 0. The monoisotopic (exact) mass is 264 g/mol. The minimum Gasteiger partial charge on any atom is -0.466 e. The summed E-state index contributed by atoms with van der Waals surface area (Å²) in [6.07, 6.45) is 5.85. The molecule has 0 amide bonds. The Hall–Kier alpha value is -1.27. The fourth-order valence-corrected chi connectivity index (χ4v) is 2.14. The second-order valence-electron chi connectivity index (χ2n) is 6.62. The standard InChI is InChI=1S/C17H28O2/c1-8-19-15(18)13-11-9-10-12-14(16(2,3)4)17(5,6)7/h9-11H,8,13H2,1-7H3/b11-9-. The van der Waals surface area contributed by atoms with Crippen molar-refractivity contribution in [2.75, 3.05) is 6.61 Å². The number of allylic oxidation sites excluding steroid dienone is 2. The summed E-state index contributed by atoms with van der Waals surface area (Å²) < 4.78 is 4.85. The number of esters is 1. The number of carbonyl (C=O) groups excluding carboxylic acids is 1. The predicted octanol–water partition coefficient (Wildman–Crippen LogP) is 4.67. The van der Waals surface area contributed by atoms with E-state index in [1.807, 2.05) is 19.1 Å². The van der Waals surface area contributed by atoms with Gasteiger partial charge in [-0.1, -0.05) is 53.7 Å². The van der Waals surface area contributed by atoms with Gasteiger partial charge in [-0.2, -0.15) is 0 Å². The smallest absolute Gasteiger partial charge is 0.309 e. The second kappa shape index (κ2) is 7.35. The fraction of sp³-hybridized carbons (Fsp3) is 0.647. The third-order valence-electron chi connectivity index (χ3n) is 2.55. The first-order valence-corrected chi connectivity index (χ1v) is 6.87. The van der Waals surface area contributed by atoms with Gasteiger partial charge in [-0.25, -0.2) is 0 Å². The van der Waals surface area contributed by atoms with Crippen LogP contribution in [-0.4, -0.2) is 12.6 Å². The molecule has 0 aliphatic rings. The molecule has 108 valence electrons. The van der Waals surface area contributed by atoms with Crippen molar-refractivity contribution < 1.29 is 9.53 Å². The predicted molar refractivity (Wildman–Crippen MR) is 80.9 cm³/mol. The Morgan fingerprint density at radius 3 is 2.05 bits per heavy atom. The van der Waals surface area contributed by atoms with Crippen molar-refractivity contribution >= 4 is 5.97 Å². The van der Waals surface area contributed by atoms with Gasteiger partial charge in [0.1, 0.15) is 0 Å². The van der Waals surface area contributed by atoms with Crippen LogP contribution in [0, 0.1) is 10.8 Å². The molecular weight excluding hydrogens is 236 g/mol. The SMILES string of the molecule is CCOC(=O)C/C=C\C=C=C(C(C)(C)C)C(C)(C)C. The molecule has 0 unspecified atom stereocenters. The highest BCUT2D eigenvalue weighted by atomic mass is 16.5. The van der Waals surface area contributed by atoms with Gasteiger partial charge in [-0.15, -0.1) is 5.73 Å². The maximum atomic E-state index is 11.1. The summed E-state index contributed by atoms with van der Waals surface area (Å²) in [5.41, 5.74) is 4.80. The molecule has 0 aliphatic carbocycles. The van der Waals surface area contributed by atoms with Gasteiger partial charge in [0.25, 0.3) is 0 Å². The highest BCUT2D eigenvalue weighted by Gasteiger charge is 2.27. The first-order chi connectivity index (χ1) is 8.59. The van der Waals surface area contributed by atoms with Crippen molar-refractivity contribution in [3.05, 3.63) is 29.5 Å². The van der Waals surface area contributed by atoms with Gasteiger partial charge in [-0.05, 0) is 29.4 Å². The summed E-state index contributed by atoms with van der Waals surface area (Å²) in [6, 6.07) is 0. The van der Waals surface area contributed by atoms with E-state index in [9.17, 15) is 4.79 Å². The van der Waals surface area contributed by atoms with Crippen LogP contribution in [0.5, 0.6) is 0 Å². The molecular formula is C17H28O2. The molecule has 0 fully saturated rings. The summed E-state index contributed by atoms with van der Waals surface area (Å²) >= 11 is 0. The molecule has 0 bridgehead atoms. The number of rotatable bonds is 4. The molecule has 2 heteroatoms. The highest BCUT2D eigenvalue weighted by Crippen LogP contribution is 2.38. The average molecular weight is 264 g/mol. The molecule has 0 N–H and O–H groups in total. The fourth-order valence-electron chi connectivity index (χ4n) is 2.14. The van der Waals surface area contributed by atoms with Crippen LogP contribution in [0.1, 0.15) is 54.9 Å². The topological polar surface area (TPSA) is 26.3 Å². The summed E-state index contributed by atoms with van der Waals surface area (Å²) in [4.78, 5) is 11.1. The Labute approximate surface area is 118 Å². The number of carbonyl (C=O) groups is 1. The van der Waals surface area contributed by atoms with E-state index in [1.165, 1.54) is 5.57 Å². The molecule has 0 aromatic rings. The minimum absolute atomic E-state index is 0.0870. The van der Waals surface area contributed by atoms with Crippen molar-refractivity contribution in [2.45, 2.75) is 54.9 Å². The number of ether oxygens (including phenoxy) is 1. The second-order valence-corrected chi connectivity index (χ2v) is 6.62. The molecule has 0 saturated heterocycles. The molecule has 2 nitrogen and oxygen atoms in total. The molecule has 0 spiro atoms. The van der Waals surface area contributed by atoms with Gasteiger partial charge >= 0.3 is 5.97 Å². The van der Waals surface area contributed by atoms with Crippen molar-refractivity contribution in [2.24, 2.45) is 10.8 Å². The molecule has 0 aliphatic heterocycles. The van der Waals surface area contributed by atoms with Crippen LogP contribution < -0.4 is 0 Å². The zero-order valence-corrected chi connectivity index (χ0v) is 13.5. The van der Waals surface area contributed by atoms with Crippen molar-refractivity contribution in [1.29, 1.82) is 0 Å². The minimum atomic E-state index is -0.192. The van der Waals surface area contributed by atoms with E-state index in [0.717, 1.165) is 0 Å². The quantitative estimate of drug-likeness (QED) is 0.419. The van der Waals surface area contributed by atoms with Gasteiger partial charge < -0.3 is 4.74 Å². The van der Waals surface area contributed by atoms with E-state index in [4.69, 9.17) is 4.74 Å². The highest BCUT2D eigenvalue weighted by molar-refractivity contribution is 5.71. The Kier molecular flexibility index (Phi) is 6.86. The van der Waals surface area contributed by atoms with E-state index < -0.39 is 0 Å². The maximum absolute atomic E-state index is 11.1. The van der Waals surface area contributed by atoms with E-state index in [0.29, 0.717) is 13.0 Å². The molecule has 0 atom stereocenters. The van der Waals surface area contributed by atoms with Crippen LogP contribution in [0.25, 0.3) is 0 Å². The average Bonchev–Trinajstić information content (AvgIpc) is 2.19. The lowest BCUT2D eigenvalue weighted by Crippen LogP contribution is -2.21. The molecule has 0 aromatic carbocycles. The van der Waals surface area contributed by atoms with Crippen LogP contribution >= 0.6 is 0 Å². The van der Waals surface area contributed by atoms with Crippen LogP contribution in [-0.2, 0) is 9.53 Å². The van der Waals surface area contributed by atoms with Gasteiger partial charge in [0, 0.05) is 0 Å². The zero-order chi connectivity index (χ0) is 15.1. The maximum Gasteiger partial charge on any atom is 0.309 e. The normalized spacial score (nSPS) is 12.2. The Bertz CT molecular complexity index is 364. The largest absolute Gasteiger partial charge is 0.466 e. The Morgan fingerprint density at radius 1 is 1.11 bits per heavy atom. The van der Waals surface area contributed by atoms with Crippen molar-refractivity contribution in [3.63, 3.8) is 0 Å². The van der Waals surface area contributed by atoms with Gasteiger partial charge in [0.05, 0.1) is 13.0 Å². The molecule has 19 heavy (non-hydrogen) atoms. The first-order valence-electron chi connectivity index (χ1n) is 6.87. The lowest BCUT2D eigenvalue weighted by molar-refractivity contribution is -0.142. The number of hydrogen-bond donors (Lipinski definition) is 0. The van der Waals surface area contributed by atoms with Gasteiger partial charge in [-0.3, -0.25) is 4.79 Å². The van der Waals surface area contributed by atoms with Crippen molar-refractivity contribution in [1.82, 2.24) is 0 Å². The Balaban J connectivity index is 4.84. The van der Waals surface area contributed by atoms with E-state index >= 15 is 0 Å². The molecule has 0 saturated carbocycles. The summed E-state index contributed by atoms with van der Waals surface area (Å²) in [6.45, 7) is 15.4. The van der Waals surface area contributed by atoms with Crippen LogP contribution in [0.3, 0.4) is 0 Å². The lowest BCUT2D eigenvalue weighted by Gasteiger charge is -2.32. The zero-order valence-electron chi connectivity index (χ0n) is 13.5. The Morgan fingerprint density at radius 2 is 1.63 bits per heavy atom. The van der Waals surface area contributed by atoms with E-state index in [2.05, 4.69) is 47.3 Å². The van der Waals surface area contributed by atoms with Crippen LogP contribution in [0.2, 0.25) is 0 Å². The van der Waals surface area contributed by atoms with Crippen LogP contribution in [0.15, 0.2) is 29.5 Å². The molecule has 0 aromatic heterocycles.